The summed E-state index contributed by atoms with van der Waals surface area (Å²) in [6, 6.07) is 0. The first-order valence-electron chi connectivity index (χ1n) is 1.62. The van der Waals surface area contributed by atoms with Crippen LogP contribution in [-0.2, 0) is 4.79 Å². The molecule has 0 heterocycles. The van der Waals surface area contributed by atoms with Gasteiger partial charge in [-0.3, -0.25) is 0 Å². The van der Waals surface area contributed by atoms with Gasteiger partial charge in [-0.25, -0.2) is 0 Å². The van der Waals surface area contributed by atoms with Gasteiger partial charge >= 0.3 is 35.5 Å². The van der Waals surface area contributed by atoms with Crippen molar-refractivity contribution < 1.29 is 20.1 Å². The minimum atomic E-state index is -3.14. The molecule has 3 N–H and O–H groups in total. The van der Waals surface area contributed by atoms with Gasteiger partial charge in [-0.1, -0.05) is 0 Å². The molecule has 0 bridgehead atoms. The summed E-state index contributed by atoms with van der Waals surface area (Å²) in [7, 11) is 0.861. The topological polar surface area (TPSA) is 77.8 Å². The standard InChI is InChI=1S/C2H5BO4.Na.H/c3-1(4)2(5,6)7;;/h5-7H,3H2;;. The Hall–Kier alpha value is 0.615. The Bertz CT molecular complexity index is 86.5. The second kappa shape index (κ2) is 3.60. The van der Waals surface area contributed by atoms with E-state index in [1.807, 2.05) is 0 Å². The van der Waals surface area contributed by atoms with E-state index in [1.54, 1.807) is 0 Å². The molecule has 42 valence electrons. The zero-order chi connectivity index (χ0) is 6.08. The van der Waals surface area contributed by atoms with Crippen LogP contribution in [0.2, 0.25) is 0 Å². The summed E-state index contributed by atoms with van der Waals surface area (Å²) in [5.74, 6) is -3.14. The van der Waals surface area contributed by atoms with Gasteiger partial charge in [0.15, 0.2) is 13.5 Å². The van der Waals surface area contributed by atoms with Gasteiger partial charge in [-0.15, -0.1) is 0 Å². The van der Waals surface area contributed by atoms with Crippen LogP contribution in [0.15, 0.2) is 0 Å². The molecule has 0 saturated carbocycles. The predicted molar refractivity (Wildman–Crippen MR) is 30.1 cm³/mol. The minimum absolute atomic E-state index is 0. The van der Waals surface area contributed by atoms with E-state index in [0.29, 0.717) is 0 Å². The van der Waals surface area contributed by atoms with Gasteiger partial charge in [0.2, 0.25) is 0 Å². The van der Waals surface area contributed by atoms with Crippen LogP contribution < -0.4 is 0 Å². The molecule has 0 aromatic heterocycles. The van der Waals surface area contributed by atoms with E-state index in [0.717, 1.165) is 7.85 Å². The molecule has 0 rings (SSSR count). The Balaban J connectivity index is 0. The van der Waals surface area contributed by atoms with Crippen LogP contribution in [-0.4, -0.2) is 64.4 Å². The van der Waals surface area contributed by atoms with Crippen LogP contribution >= 0.6 is 0 Å². The van der Waals surface area contributed by atoms with Gasteiger partial charge in [-0.2, -0.15) is 0 Å². The third-order valence-electron chi connectivity index (χ3n) is 0.472. The summed E-state index contributed by atoms with van der Waals surface area (Å²) in [6.45, 7) is 0. The first-order valence-corrected chi connectivity index (χ1v) is 1.62. The molecule has 0 aromatic carbocycles. The Morgan fingerprint density at radius 2 is 1.50 bits per heavy atom. The molecule has 0 amide bonds. The fourth-order valence-corrected chi connectivity index (χ4v) is 0. The summed E-state index contributed by atoms with van der Waals surface area (Å²) < 4.78 is 0. The number of carbonyl (C=O) groups excluding carboxylic acids is 1. The summed E-state index contributed by atoms with van der Waals surface area (Å²) in [5, 5.41) is 23.6. The Morgan fingerprint density at radius 3 is 1.50 bits per heavy atom. The van der Waals surface area contributed by atoms with Crippen LogP contribution in [0.1, 0.15) is 0 Å². The third kappa shape index (κ3) is 4.77. The number of hydrogen-bond donors (Lipinski definition) is 3. The molecule has 0 aliphatic rings. The van der Waals surface area contributed by atoms with E-state index < -0.39 is 11.7 Å². The zero-order valence-corrected chi connectivity index (χ0v) is 3.75. The molecule has 0 aliphatic heterocycles. The average molecular weight is 128 g/mol. The number of carbonyl (C=O) groups is 1. The van der Waals surface area contributed by atoms with Crippen LogP contribution in [0.5, 0.6) is 0 Å². The maximum absolute atomic E-state index is 9.72. The van der Waals surface area contributed by atoms with E-state index >= 15 is 0 Å². The van der Waals surface area contributed by atoms with Crippen molar-refractivity contribution in [3.05, 3.63) is 0 Å². The third-order valence-corrected chi connectivity index (χ3v) is 0.472. The van der Waals surface area contributed by atoms with Gasteiger partial charge in [0.05, 0.1) is 0 Å². The maximum atomic E-state index is 9.72. The summed E-state index contributed by atoms with van der Waals surface area (Å²) in [4.78, 5) is 9.72. The first-order chi connectivity index (χ1) is 2.94. The van der Waals surface area contributed by atoms with Gasteiger partial charge in [0.1, 0.15) is 0 Å². The van der Waals surface area contributed by atoms with E-state index in [2.05, 4.69) is 0 Å². The van der Waals surface area contributed by atoms with Crippen LogP contribution in [0.4, 0.5) is 0 Å². The van der Waals surface area contributed by atoms with Crippen molar-refractivity contribution >= 4 is 43.1 Å². The van der Waals surface area contributed by atoms with Gasteiger partial charge in [0.25, 0.3) is 0 Å². The van der Waals surface area contributed by atoms with Crippen molar-refractivity contribution in [3.8, 4) is 0 Å². The van der Waals surface area contributed by atoms with Crippen molar-refractivity contribution in [2.24, 2.45) is 0 Å². The van der Waals surface area contributed by atoms with Crippen LogP contribution in [0.3, 0.4) is 0 Å². The van der Waals surface area contributed by atoms with Crippen molar-refractivity contribution in [2.45, 2.75) is 5.97 Å². The van der Waals surface area contributed by atoms with Crippen LogP contribution in [0.25, 0.3) is 0 Å². The molecule has 0 fully saturated rings. The molecule has 4 nitrogen and oxygen atoms in total. The summed E-state index contributed by atoms with van der Waals surface area (Å²) >= 11 is 0. The molecule has 0 spiro atoms. The SMILES string of the molecule is BC(=O)C(O)(O)O.[NaH]. The predicted octanol–water partition coefficient (Wildman–Crippen LogP) is -3.87. The fraction of sp³-hybridized carbons (Fsp3) is 0.500. The van der Waals surface area contributed by atoms with Gasteiger partial charge < -0.3 is 20.1 Å². The molecule has 6 heteroatoms. The van der Waals surface area contributed by atoms with Gasteiger partial charge in [0, 0.05) is 0 Å². The quantitative estimate of drug-likeness (QED) is 0.249. The Kier molecular flexibility index (Phi) is 5.14. The number of hydrogen-bond acceptors (Lipinski definition) is 4. The van der Waals surface area contributed by atoms with Crippen molar-refractivity contribution in [1.29, 1.82) is 0 Å². The van der Waals surface area contributed by atoms with E-state index in [9.17, 15) is 4.79 Å². The molecular formula is C2H6BNaO4. The monoisotopic (exact) mass is 128 g/mol. The Morgan fingerprint density at radius 1 is 1.38 bits per heavy atom. The molecular weight excluding hydrogens is 122 g/mol. The number of aliphatic hydroxyl groups is 3. The molecule has 0 atom stereocenters. The first kappa shape index (κ1) is 11.4. The van der Waals surface area contributed by atoms with Crippen molar-refractivity contribution in [2.75, 3.05) is 0 Å². The summed E-state index contributed by atoms with van der Waals surface area (Å²) in [5.41, 5.74) is -1.09. The van der Waals surface area contributed by atoms with Crippen LogP contribution in [0, 0.1) is 0 Å². The van der Waals surface area contributed by atoms with E-state index in [4.69, 9.17) is 15.3 Å². The van der Waals surface area contributed by atoms with Crippen molar-refractivity contribution in [1.82, 2.24) is 0 Å². The second-order valence-electron chi connectivity index (χ2n) is 1.19. The molecule has 0 aliphatic carbocycles. The molecule has 0 aromatic rings. The van der Waals surface area contributed by atoms with Gasteiger partial charge in [-0.05, 0) is 0 Å². The molecule has 0 unspecified atom stereocenters. The van der Waals surface area contributed by atoms with E-state index in [1.165, 1.54) is 0 Å². The zero-order valence-electron chi connectivity index (χ0n) is 3.75. The van der Waals surface area contributed by atoms with Crippen molar-refractivity contribution in [3.63, 3.8) is 0 Å². The van der Waals surface area contributed by atoms with E-state index in [-0.39, 0.29) is 29.6 Å². The molecule has 8 heavy (non-hydrogen) atoms. The number of rotatable bonds is 1. The average Bonchev–Trinajstić information content (AvgIpc) is 1.31. The Labute approximate surface area is 69.2 Å². The second-order valence-corrected chi connectivity index (χ2v) is 1.19. The molecule has 0 radical (unpaired) electrons. The fourth-order valence-electron chi connectivity index (χ4n) is 0. The molecule has 0 saturated heterocycles. The summed E-state index contributed by atoms with van der Waals surface area (Å²) in [6.07, 6.45) is 0. The normalized spacial score (nSPS) is 9.88.